The summed E-state index contributed by atoms with van der Waals surface area (Å²) in [6, 6.07) is 7.68. The number of carbonyl (C=O) groups excluding carboxylic acids is 2. The van der Waals surface area contributed by atoms with Crippen LogP contribution in [-0.4, -0.2) is 41.3 Å². The number of aromatic amines is 1. The van der Waals surface area contributed by atoms with Crippen molar-refractivity contribution in [1.29, 1.82) is 0 Å². The van der Waals surface area contributed by atoms with Gasteiger partial charge in [-0.2, -0.15) is 0 Å². The molecule has 0 fully saturated rings. The van der Waals surface area contributed by atoms with Crippen molar-refractivity contribution in [3.05, 3.63) is 36.4 Å². The molecule has 0 saturated heterocycles. The number of rotatable bonds is 5. The summed E-state index contributed by atoms with van der Waals surface area (Å²) in [6.07, 6.45) is 1.68. The largest absolute Gasteiger partial charge is 0.468 e. The monoisotopic (exact) mass is 329 g/mol. The Morgan fingerprint density at radius 2 is 1.88 bits per heavy atom. The molecule has 2 aromatic heterocycles. The number of benzene rings is 1. The smallest absolute Gasteiger partial charge is 0.320 e. The maximum absolute atomic E-state index is 11.7. The summed E-state index contributed by atoms with van der Waals surface area (Å²) in [5.41, 5.74) is 1.69. The summed E-state index contributed by atoms with van der Waals surface area (Å²) in [6.45, 7) is 0. The molecule has 1 N–H and O–H groups in total. The van der Waals surface area contributed by atoms with E-state index in [1.54, 1.807) is 6.20 Å². The zero-order valence-electron chi connectivity index (χ0n) is 13.1. The van der Waals surface area contributed by atoms with Gasteiger partial charge < -0.3 is 18.9 Å². The van der Waals surface area contributed by atoms with E-state index in [1.807, 2.05) is 24.3 Å². The first-order valence-corrected chi connectivity index (χ1v) is 7.18. The van der Waals surface area contributed by atoms with Crippen molar-refractivity contribution < 1.29 is 23.5 Å². The molecule has 8 heteroatoms. The molecule has 0 aliphatic heterocycles. The van der Waals surface area contributed by atoms with E-state index in [2.05, 4.69) is 24.7 Å². The Kier molecular flexibility index (Phi) is 4.28. The lowest BCUT2D eigenvalue weighted by Crippen LogP contribution is -2.28. The number of hydrogen-bond acceptors (Lipinski definition) is 7. The second-order valence-corrected chi connectivity index (χ2v) is 5.05. The number of nitrogens with one attached hydrogen (secondary N) is 1. The highest BCUT2D eigenvalue weighted by atomic mass is 16.5. The second-order valence-electron chi connectivity index (χ2n) is 5.05. The third kappa shape index (κ3) is 2.85. The van der Waals surface area contributed by atoms with Gasteiger partial charge >= 0.3 is 11.9 Å². The van der Waals surface area contributed by atoms with E-state index in [4.69, 9.17) is 4.42 Å². The highest BCUT2D eigenvalue weighted by Gasteiger charge is 2.31. The Labute approximate surface area is 136 Å². The fourth-order valence-corrected chi connectivity index (χ4v) is 2.42. The third-order valence-corrected chi connectivity index (χ3v) is 3.64. The van der Waals surface area contributed by atoms with E-state index in [0.29, 0.717) is 5.89 Å². The molecule has 2 heterocycles. The molecule has 0 radical (unpaired) electrons. The maximum atomic E-state index is 11.7. The zero-order chi connectivity index (χ0) is 17.1. The van der Waals surface area contributed by atoms with Crippen LogP contribution in [0.25, 0.3) is 22.4 Å². The van der Waals surface area contributed by atoms with Crippen LogP contribution in [0.5, 0.6) is 0 Å². The molecular formula is C16H15N3O5. The van der Waals surface area contributed by atoms with Gasteiger partial charge in [0, 0.05) is 17.1 Å². The van der Waals surface area contributed by atoms with E-state index >= 15 is 0 Å². The van der Waals surface area contributed by atoms with Gasteiger partial charge in [0.05, 0.1) is 26.2 Å². The second kappa shape index (κ2) is 6.53. The lowest BCUT2D eigenvalue weighted by molar-refractivity contribution is -0.158. The molecule has 0 saturated carbocycles. The molecule has 0 spiro atoms. The molecule has 8 nitrogen and oxygen atoms in total. The van der Waals surface area contributed by atoms with Gasteiger partial charge in [0.25, 0.3) is 0 Å². The highest BCUT2D eigenvalue weighted by molar-refractivity contribution is 5.95. The number of carbonyl (C=O) groups is 2. The minimum absolute atomic E-state index is 0.0886. The SMILES string of the molecule is COC(=O)C(Cc1nnc(-c2c[nH]c3ccccc23)o1)C(=O)OC. The average Bonchev–Trinajstić information content (AvgIpc) is 3.24. The number of ether oxygens (including phenoxy) is 2. The van der Waals surface area contributed by atoms with Gasteiger partial charge in [-0.25, -0.2) is 0 Å². The standard InChI is InChI=1S/C16H15N3O5/c1-22-15(20)10(16(21)23-2)7-13-18-19-14(24-13)11-8-17-12-6-4-3-5-9(11)12/h3-6,8,10,17H,7H2,1-2H3. The van der Waals surface area contributed by atoms with Gasteiger partial charge in [0.2, 0.25) is 11.8 Å². The van der Waals surface area contributed by atoms with Crippen molar-refractivity contribution >= 4 is 22.8 Å². The minimum Gasteiger partial charge on any atom is -0.468 e. The Bertz CT molecular complexity index is 867. The van der Waals surface area contributed by atoms with Crippen LogP contribution < -0.4 is 0 Å². The van der Waals surface area contributed by atoms with Crippen LogP contribution in [0.15, 0.2) is 34.9 Å². The van der Waals surface area contributed by atoms with Gasteiger partial charge in [-0.1, -0.05) is 18.2 Å². The first-order chi connectivity index (χ1) is 11.6. The summed E-state index contributed by atoms with van der Waals surface area (Å²) >= 11 is 0. The third-order valence-electron chi connectivity index (χ3n) is 3.64. The summed E-state index contributed by atoms with van der Waals surface area (Å²) in [7, 11) is 2.40. The number of esters is 2. The Morgan fingerprint density at radius 1 is 1.17 bits per heavy atom. The lowest BCUT2D eigenvalue weighted by atomic mass is 10.1. The van der Waals surface area contributed by atoms with Crippen molar-refractivity contribution in [2.75, 3.05) is 14.2 Å². The Balaban J connectivity index is 1.87. The van der Waals surface area contributed by atoms with Crippen molar-refractivity contribution in [2.45, 2.75) is 6.42 Å². The number of methoxy groups -OCH3 is 2. The van der Waals surface area contributed by atoms with E-state index < -0.39 is 17.9 Å². The quantitative estimate of drug-likeness (QED) is 0.561. The lowest BCUT2D eigenvalue weighted by Gasteiger charge is -2.09. The number of hydrogen-bond donors (Lipinski definition) is 1. The molecular weight excluding hydrogens is 314 g/mol. The number of fused-ring (bicyclic) bond motifs is 1. The molecule has 0 aliphatic rings. The maximum Gasteiger partial charge on any atom is 0.320 e. The fourth-order valence-electron chi connectivity index (χ4n) is 2.42. The topological polar surface area (TPSA) is 107 Å². The van der Waals surface area contributed by atoms with E-state index in [-0.39, 0.29) is 12.3 Å². The predicted molar refractivity (Wildman–Crippen MR) is 82.8 cm³/mol. The number of aromatic nitrogens is 3. The van der Waals surface area contributed by atoms with Crippen LogP contribution in [0.1, 0.15) is 5.89 Å². The van der Waals surface area contributed by atoms with Crippen LogP contribution in [-0.2, 0) is 25.5 Å². The van der Waals surface area contributed by atoms with E-state index in [1.165, 1.54) is 14.2 Å². The molecule has 24 heavy (non-hydrogen) atoms. The molecule has 0 bridgehead atoms. The molecule has 0 amide bonds. The molecule has 124 valence electrons. The zero-order valence-corrected chi connectivity index (χ0v) is 13.1. The first-order valence-electron chi connectivity index (χ1n) is 7.18. The predicted octanol–water partition coefficient (Wildman–Crippen LogP) is 1.72. The Morgan fingerprint density at radius 3 is 2.58 bits per heavy atom. The van der Waals surface area contributed by atoms with Crippen molar-refractivity contribution in [3.8, 4) is 11.5 Å². The number of nitrogens with zero attached hydrogens (tertiary/aromatic N) is 2. The van der Waals surface area contributed by atoms with Crippen LogP contribution in [0.2, 0.25) is 0 Å². The van der Waals surface area contributed by atoms with Gasteiger partial charge in [-0.3, -0.25) is 9.59 Å². The summed E-state index contributed by atoms with van der Waals surface area (Å²) < 4.78 is 14.8. The summed E-state index contributed by atoms with van der Waals surface area (Å²) in [5, 5.41) is 8.83. The molecule has 0 aliphatic carbocycles. The van der Waals surface area contributed by atoms with Gasteiger partial charge in [0.1, 0.15) is 0 Å². The summed E-state index contributed by atoms with van der Waals surface area (Å²) in [4.78, 5) is 26.5. The van der Waals surface area contributed by atoms with Gasteiger partial charge in [-0.05, 0) is 6.07 Å². The average molecular weight is 329 g/mol. The van der Waals surface area contributed by atoms with Crippen LogP contribution >= 0.6 is 0 Å². The molecule has 1 aromatic carbocycles. The van der Waals surface area contributed by atoms with Crippen molar-refractivity contribution in [3.63, 3.8) is 0 Å². The molecule has 0 unspecified atom stereocenters. The minimum atomic E-state index is -1.14. The molecule has 0 atom stereocenters. The normalized spacial score (nSPS) is 11.0. The van der Waals surface area contributed by atoms with Crippen LogP contribution in [0, 0.1) is 5.92 Å². The van der Waals surface area contributed by atoms with Gasteiger partial charge in [-0.15, -0.1) is 10.2 Å². The fraction of sp³-hybridized carbons (Fsp3) is 0.250. The van der Waals surface area contributed by atoms with E-state index in [0.717, 1.165) is 16.5 Å². The van der Waals surface area contributed by atoms with Crippen molar-refractivity contribution in [1.82, 2.24) is 15.2 Å². The highest BCUT2D eigenvalue weighted by Crippen LogP contribution is 2.27. The molecule has 3 aromatic rings. The van der Waals surface area contributed by atoms with Crippen LogP contribution in [0.3, 0.4) is 0 Å². The number of H-pyrrole nitrogens is 1. The molecule has 3 rings (SSSR count). The van der Waals surface area contributed by atoms with Gasteiger partial charge in [0.15, 0.2) is 5.92 Å². The number of para-hydroxylation sites is 1. The van der Waals surface area contributed by atoms with E-state index in [9.17, 15) is 9.59 Å². The first kappa shape index (κ1) is 15.7. The van der Waals surface area contributed by atoms with Crippen molar-refractivity contribution in [2.24, 2.45) is 5.92 Å². The van der Waals surface area contributed by atoms with Crippen LogP contribution in [0.4, 0.5) is 0 Å². The summed E-state index contributed by atoms with van der Waals surface area (Å²) in [5.74, 6) is -2.12. The Hall–Kier alpha value is -3.16.